The fraction of sp³-hybridized carbons (Fsp3) is 0.596. The number of ether oxygens (including phenoxy) is 2. The average Bonchev–Trinajstić information content (AvgIpc) is 3.71. The van der Waals surface area contributed by atoms with Crippen molar-refractivity contribution in [3.63, 3.8) is 0 Å². The summed E-state index contributed by atoms with van der Waals surface area (Å²) in [5.74, 6) is -3.47. The number of nitrogens with one attached hydrogen (secondary N) is 3. The van der Waals surface area contributed by atoms with Crippen molar-refractivity contribution in [2.45, 2.75) is 123 Å². The number of carbonyl (C=O) groups is 5. The van der Waals surface area contributed by atoms with Crippen molar-refractivity contribution in [2.75, 3.05) is 47.2 Å². The molecule has 4 amide bonds. The zero-order valence-corrected chi connectivity index (χ0v) is 38.4. The molecule has 0 aromatic heterocycles. The Hall–Kier alpha value is -4.79. The third-order valence-electron chi connectivity index (χ3n) is 12.0. The van der Waals surface area contributed by atoms with E-state index < -0.39 is 60.2 Å². The second-order valence-electron chi connectivity index (χ2n) is 17.1. The van der Waals surface area contributed by atoms with E-state index in [4.69, 9.17) is 9.47 Å². The van der Waals surface area contributed by atoms with Crippen LogP contribution in [-0.2, 0) is 46.4 Å². The Labute approximate surface area is 363 Å². The van der Waals surface area contributed by atoms with Crippen molar-refractivity contribution in [1.82, 2.24) is 25.3 Å². The number of amides is 4. The molecule has 2 aromatic carbocycles. The summed E-state index contributed by atoms with van der Waals surface area (Å²) in [7, 11) is 8.47. The highest BCUT2D eigenvalue weighted by Crippen LogP contribution is 2.29. The van der Waals surface area contributed by atoms with Gasteiger partial charge in [0.1, 0.15) is 12.1 Å². The second kappa shape index (κ2) is 24.0. The number of nitrogens with zero attached hydrogens (tertiary/aromatic N) is 3. The quantitative estimate of drug-likeness (QED) is 0.112. The lowest BCUT2D eigenvalue weighted by atomic mass is 9.93. The lowest BCUT2D eigenvalue weighted by molar-refractivity contribution is -0.146. The maximum absolute atomic E-state index is 14.5. The van der Waals surface area contributed by atoms with Crippen LogP contribution >= 0.6 is 0 Å². The molecule has 338 valence electrons. The Kier molecular flexibility index (Phi) is 19.9. The Morgan fingerprint density at radius 1 is 0.885 bits per heavy atom. The van der Waals surface area contributed by atoms with Crippen LogP contribution in [0, 0.1) is 17.8 Å². The highest BCUT2D eigenvalue weighted by Gasteiger charge is 2.43. The molecular formula is C47H72N6O8. The molecule has 1 fully saturated rings. The molecule has 1 saturated heterocycles. The minimum absolute atomic E-state index is 0.0502. The van der Waals surface area contributed by atoms with E-state index in [0.717, 1.165) is 22.4 Å². The van der Waals surface area contributed by atoms with E-state index in [-0.39, 0.29) is 42.4 Å². The molecule has 1 aliphatic rings. The molecular weight excluding hydrogens is 777 g/mol. The van der Waals surface area contributed by atoms with Crippen LogP contribution in [0.15, 0.2) is 66.2 Å². The van der Waals surface area contributed by atoms with Crippen LogP contribution in [0.3, 0.4) is 0 Å². The Bertz CT molecular complexity index is 1790. The van der Waals surface area contributed by atoms with Crippen molar-refractivity contribution in [3.05, 3.63) is 77.4 Å². The summed E-state index contributed by atoms with van der Waals surface area (Å²) in [6, 6.07) is 13.5. The Morgan fingerprint density at radius 2 is 1.54 bits per heavy atom. The molecule has 14 heteroatoms. The third kappa shape index (κ3) is 13.6. The molecule has 1 aliphatic heterocycles. The van der Waals surface area contributed by atoms with E-state index in [1.165, 1.54) is 14.2 Å². The van der Waals surface area contributed by atoms with Gasteiger partial charge in [-0.25, -0.2) is 4.79 Å². The number of benzene rings is 2. The molecule has 0 saturated carbocycles. The number of allylic oxidation sites excluding steroid dienone is 1. The molecule has 14 nitrogen and oxygen atoms in total. The topological polar surface area (TPSA) is 170 Å². The Balaban J connectivity index is 1.79. The summed E-state index contributed by atoms with van der Waals surface area (Å²) in [6.45, 7) is 14.2. The molecule has 3 rings (SSSR count). The zero-order chi connectivity index (χ0) is 45.6. The van der Waals surface area contributed by atoms with Crippen LogP contribution in [0.25, 0.3) is 0 Å². The van der Waals surface area contributed by atoms with Crippen molar-refractivity contribution < 1.29 is 38.6 Å². The number of carboxylic acids is 1. The average molecular weight is 849 g/mol. The summed E-state index contributed by atoms with van der Waals surface area (Å²) in [4.78, 5) is 73.9. The van der Waals surface area contributed by atoms with Crippen molar-refractivity contribution >= 4 is 35.3 Å². The van der Waals surface area contributed by atoms with E-state index in [9.17, 15) is 29.1 Å². The molecule has 0 aliphatic carbocycles. The normalized spacial score (nSPS) is 17.9. The number of aliphatic carboxylic acids is 1. The van der Waals surface area contributed by atoms with E-state index in [0.29, 0.717) is 25.9 Å². The second-order valence-corrected chi connectivity index (χ2v) is 17.1. The summed E-state index contributed by atoms with van der Waals surface area (Å²) >= 11 is 0. The van der Waals surface area contributed by atoms with Gasteiger partial charge in [-0.3, -0.25) is 24.1 Å². The predicted molar refractivity (Wildman–Crippen MR) is 239 cm³/mol. The summed E-state index contributed by atoms with van der Waals surface area (Å²) in [6.07, 6.45) is 1.77. The van der Waals surface area contributed by atoms with Crippen molar-refractivity contribution in [2.24, 2.45) is 17.8 Å². The first kappa shape index (κ1) is 50.6. The van der Waals surface area contributed by atoms with E-state index in [2.05, 4.69) is 16.0 Å². The van der Waals surface area contributed by atoms with Crippen molar-refractivity contribution in [3.8, 4) is 0 Å². The number of hydrogen-bond donors (Lipinski definition) is 4. The fourth-order valence-corrected chi connectivity index (χ4v) is 8.60. The van der Waals surface area contributed by atoms with Gasteiger partial charge in [-0.15, -0.1) is 0 Å². The number of methoxy groups -OCH3 is 2. The molecule has 61 heavy (non-hydrogen) atoms. The number of hydrogen-bond acceptors (Lipinski definition) is 9. The fourth-order valence-electron chi connectivity index (χ4n) is 8.60. The lowest BCUT2D eigenvalue weighted by Gasteiger charge is -2.39. The first-order chi connectivity index (χ1) is 28.9. The number of likely N-dealkylation sites (N-methyl/N-ethyl adjacent to an activating group) is 2. The van der Waals surface area contributed by atoms with Crippen LogP contribution in [0.1, 0.15) is 78.9 Å². The van der Waals surface area contributed by atoms with Gasteiger partial charge < -0.3 is 40.3 Å². The number of carbonyl (C=O) groups excluding carboxylic acids is 4. The summed E-state index contributed by atoms with van der Waals surface area (Å²) in [5.41, 5.74) is 3.62. The maximum Gasteiger partial charge on any atom is 0.326 e. The van der Waals surface area contributed by atoms with Crippen molar-refractivity contribution in [1.29, 1.82) is 0 Å². The number of rotatable bonds is 23. The number of likely N-dealkylation sites (tertiary alicyclic amines) is 1. The number of carboxylic acid groups (broad SMARTS) is 1. The molecule has 0 bridgehead atoms. The summed E-state index contributed by atoms with van der Waals surface area (Å²) < 4.78 is 11.9. The highest BCUT2D eigenvalue weighted by molar-refractivity contribution is 5.90. The van der Waals surface area contributed by atoms with Gasteiger partial charge in [0.25, 0.3) is 0 Å². The minimum Gasteiger partial charge on any atom is -0.480 e. The van der Waals surface area contributed by atoms with E-state index in [1.54, 1.807) is 23.8 Å². The van der Waals surface area contributed by atoms with Crippen LogP contribution < -0.4 is 16.0 Å². The van der Waals surface area contributed by atoms with Crippen LogP contribution in [-0.4, -0.2) is 134 Å². The smallest absolute Gasteiger partial charge is 0.326 e. The molecule has 0 unspecified atom stereocenters. The molecule has 1 heterocycles. The van der Waals surface area contributed by atoms with Gasteiger partial charge in [0, 0.05) is 53.5 Å². The minimum atomic E-state index is -1.15. The first-order valence-corrected chi connectivity index (χ1v) is 21.5. The Morgan fingerprint density at radius 3 is 2.10 bits per heavy atom. The van der Waals surface area contributed by atoms with Gasteiger partial charge >= 0.3 is 5.97 Å². The van der Waals surface area contributed by atoms with E-state index in [1.807, 2.05) is 121 Å². The van der Waals surface area contributed by atoms with Gasteiger partial charge in [-0.2, -0.15) is 0 Å². The van der Waals surface area contributed by atoms with Gasteiger partial charge in [0.05, 0.1) is 42.7 Å². The monoisotopic (exact) mass is 849 g/mol. The molecule has 0 spiro atoms. The molecule has 0 radical (unpaired) electrons. The van der Waals surface area contributed by atoms with Crippen LogP contribution in [0.4, 0.5) is 5.69 Å². The predicted octanol–water partition coefficient (Wildman–Crippen LogP) is 4.98. The lowest BCUT2D eigenvalue weighted by Crippen LogP contribution is -2.59. The van der Waals surface area contributed by atoms with Gasteiger partial charge in [-0.1, -0.05) is 88.7 Å². The molecule has 4 N–H and O–H groups in total. The number of anilines is 1. The molecule has 2 aromatic rings. The highest BCUT2D eigenvalue weighted by atomic mass is 16.5. The van der Waals surface area contributed by atoms with Crippen LogP contribution in [0.2, 0.25) is 0 Å². The maximum atomic E-state index is 14.5. The largest absolute Gasteiger partial charge is 0.480 e. The first-order valence-electron chi connectivity index (χ1n) is 21.5. The van der Waals surface area contributed by atoms with Gasteiger partial charge in [0.2, 0.25) is 23.6 Å². The SMILES string of the molecule is C/C=C(/C)[C@@H]([C@@H](CC(=O)N1CCC[C@H]1[C@H](OC)[C@@H](C)C(=O)N[C@@H](Cc1ccccc1)C(=O)O)OC)N(C)C(=O)[C@@H](NC(=O)[C@H](C(C)C)N(C)Cc1cccc(NC)c1)C(C)C. The van der Waals surface area contributed by atoms with Crippen LogP contribution in [0.5, 0.6) is 0 Å². The standard InChI is InChI=1S/C47H72N6O8/c1-13-31(6)42(52(10)46(57)40(29(2)3)50-45(56)41(30(4)5)51(9)28-34-21-17-22-35(25-34)48-8)38(60-11)27-39(54)53-24-18-23-37(53)43(61-12)32(7)44(55)49-36(47(58)59)26-33-19-15-14-16-20-33/h13-17,19-22,25,29-30,32,36-38,40-43,48H,18,23-24,26-28H2,1-12H3,(H,49,55)(H,50,56)(H,58,59)/b31-13-/t32-,36+,37+,38-,40+,41+,42+,43-/m1/s1. The zero-order valence-electron chi connectivity index (χ0n) is 38.4. The van der Waals surface area contributed by atoms with Gasteiger partial charge in [-0.05, 0) is 68.8 Å². The van der Waals surface area contributed by atoms with E-state index >= 15 is 0 Å². The molecule has 8 atom stereocenters. The third-order valence-corrected chi connectivity index (χ3v) is 12.0. The van der Waals surface area contributed by atoms with Gasteiger partial charge in [0.15, 0.2) is 0 Å². The summed E-state index contributed by atoms with van der Waals surface area (Å²) in [5, 5.41) is 18.9.